The topological polar surface area (TPSA) is 0 Å². The molecule has 0 aliphatic carbocycles. The maximum Gasteiger partial charge on any atom is -0.0467 e. The molecule has 0 radical (unpaired) electrons. The second-order valence-electron chi connectivity index (χ2n) is 1.43. The smallest absolute Gasteiger partial charge is 0.0467 e. The zero-order chi connectivity index (χ0) is 13.5. The molecule has 0 heteroatoms. The highest BCUT2D eigenvalue weighted by atomic mass is 13.5. The van der Waals surface area contributed by atoms with Gasteiger partial charge in [0.1, 0.15) is 0 Å². The van der Waals surface area contributed by atoms with Crippen LogP contribution in [0.2, 0.25) is 0 Å². The van der Waals surface area contributed by atoms with Gasteiger partial charge < -0.3 is 0 Å². The van der Waals surface area contributed by atoms with Crippen LogP contribution in [0.5, 0.6) is 0 Å². The number of hydrogen-bond donors (Lipinski definition) is 0. The molecule has 0 aliphatic heterocycles. The van der Waals surface area contributed by atoms with E-state index in [1.165, 1.54) is 0 Å². The highest BCUT2D eigenvalue weighted by Crippen LogP contribution is 1.64. The van der Waals surface area contributed by atoms with Gasteiger partial charge in [0.05, 0.1) is 0 Å². The van der Waals surface area contributed by atoms with E-state index in [0.717, 1.165) is 0 Å². The van der Waals surface area contributed by atoms with Crippen molar-refractivity contribution < 1.29 is 0 Å². The SMILES string of the molecule is C/C=C\C.C=C/C=C\C.CC.CC.CC. The fraction of sp³-hybridized carbons (Fsp3) is 0.600. The van der Waals surface area contributed by atoms with Crippen LogP contribution in [0, 0.1) is 0 Å². The first-order valence-electron chi connectivity index (χ1n) is 6.14. The zero-order valence-corrected chi connectivity index (χ0v) is 12.6. The Labute approximate surface area is 99.8 Å². The van der Waals surface area contributed by atoms with Crippen LogP contribution >= 0.6 is 0 Å². The van der Waals surface area contributed by atoms with Crippen molar-refractivity contribution in [1.29, 1.82) is 0 Å². The molecule has 0 bridgehead atoms. The molecule has 0 unspecified atom stereocenters. The van der Waals surface area contributed by atoms with Crippen molar-refractivity contribution in [3.63, 3.8) is 0 Å². The van der Waals surface area contributed by atoms with Crippen LogP contribution in [0.4, 0.5) is 0 Å². The minimum absolute atomic E-state index is 1.75. The molecule has 0 aliphatic rings. The Kier molecular flexibility index (Phi) is 216. The van der Waals surface area contributed by atoms with Crippen molar-refractivity contribution in [3.8, 4) is 0 Å². The summed E-state index contributed by atoms with van der Waals surface area (Å²) in [5.41, 5.74) is 0. The second-order valence-corrected chi connectivity index (χ2v) is 1.43. The molecule has 94 valence electrons. The van der Waals surface area contributed by atoms with Gasteiger partial charge in [-0.05, 0) is 20.8 Å². The lowest BCUT2D eigenvalue weighted by Crippen LogP contribution is -1.33. The van der Waals surface area contributed by atoms with Gasteiger partial charge in [0.2, 0.25) is 0 Å². The normalized spacial score (nSPS) is 6.73. The first kappa shape index (κ1) is 29.2. The third-order valence-electron chi connectivity index (χ3n) is 0.662. The van der Waals surface area contributed by atoms with Gasteiger partial charge in [0.15, 0.2) is 0 Å². The van der Waals surface area contributed by atoms with Crippen molar-refractivity contribution in [2.45, 2.75) is 62.3 Å². The lowest BCUT2D eigenvalue weighted by Gasteiger charge is -1.56. The third-order valence-corrected chi connectivity index (χ3v) is 0.662. The first-order valence-corrected chi connectivity index (χ1v) is 6.14. The van der Waals surface area contributed by atoms with Crippen molar-refractivity contribution >= 4 is 0 Å². The van der Waals surface area contributed by atoms with Gasteiger partial charge in [0.25, 0.3) is 0 Å². The van der Waals surface area contributed by atoms with E-state index in [2.05, 4.69) is 6.58 Å². The summed E-state index contributed by atoms with van der Waals surface area (Å²) in [7, 11) is 0. The Morgan fingerprint density at radius 1 is 0.600 bits per heavy atom. The monoisotopic (exact) mass is 214 g/mol. The van der Waals surface area contributed by atoms with E-state index >= 15 is 0 Å². The highest BCUT2D eigenvalue weighted by Gasteiger charge is 1.42. The predicted octanol–water partition coefficient (Wildman–Crippen LogP) is 6.41. The minimum Gasteiger partial charge on any atom is -0.0991 e. The van der Waals surface area contributed by atoms with E-state index in [0.29, 0.717) is 0 Å². The summed E-state index contributed by atoms with van der Waals surface area (Å²) in [5, 5.41) is 0. The summed E-state index contributed by atoms with van der Waals surface area (Å²) in [6.07, 6.45) is 9.58. The molecule has 0 N–H and O–H groups in total. The first-order chi connectivity index (χ1) is 7.33. The molecule has 0 aromatic carbocycles. The van der Waals surface area contributed by atoms with Crippen LogP contribution in [0.15, 0.2) is 37.0 Å². The average molecular weight is 214 g/mol. The Bertz CT molecular complexity index is 82.2. The van der Waals surface area contributed by atoms with E-state index in [-0.39, 0.29) is 0 Å². The molecular formula is C15H34. The fourth-order valence-corrected chi connectivity index (χ4v) is 0.136. The van der Waals surface area contributed by atoms with Gasteiger partial charge in [-0.1, -0.05) is 78.5 Å². The molecule has 0 heterocycles. The molecule has 0 aromatic heterocycles. The Hall–Kier alpha value is -0.780. The van der Waals surface area contributed by atoms with Crippen molar-refractivity contribution in [3.05, 3.63) is 37.0 Å². The zero-order valence-electron chi connectivity index (χ0n) is 12.6. The largest absolute Gasteiger partial charge is 0.0991 e. The standard InChI is InChI=1S/C5H8.C4H8.3C2H6/c1-3-5-4-2;1-3-4-2;3*1-2/h3-5H,1H2,2H3;3-4H,1-2H3;3*1-2H3/b5-4-;4-3-;;;. The number of rotatable bonds is 1. The van der Waals surface area contributed by atoms with E-state index in [1.807, 2.05) is 86.6 Å². The minimum atomic E-state index is 1.75. The summed E-state index contributed by atoms with van der Waals surface area (Å²) in [6.45, 7) is 21.4. The molecule has 0 saturated carbocycles. The Balaban J connectivity index is -0.0000000301. The number of allylic oxidation sites excluding steroid dienone is 5. The summed E-state index contributed by atoms with van der Waals surface area (Å²) in [5.74, 6) is 0. The molecule has 0 rings (SSSR count). The maximum absolute atomic E-state index is 3.46. The molecule has 0 fully saturated rings. The molecular weight excluding hydrogens is 180 g/mol. The summed E-state index contributed by atoms with van der Waals surface area (Å²) in [4.78, 5) is 0. The van der Waals surface area contributed by atoms with Crippen molar-refractivity contribution in [1.82, 2.24) is 0 Å². The van der Waals surface area contributed by atoms with Gasteiger partial charge in [-0.25, -0.2) is 0 Å². The number of hydrogen-bond acceptors (Lipinski definition) is 0. The van der Waals surface area contributed by atoms with Crippen molar-refractivity contribution in [2.75, 3.05) is 0 Å². The van der Waals surface area contributed by atoms with E-state index < -0.39 is 0 Å². The van der Waals surface area contributed by atoms with Gasteiger partial charge in [-0.2, -0.15) is 0 Å². The van der Waals surface area contributed by atoms with E-state index in [1.54, 1.807) is 6.08 Å². The summed E-state index contributed by atoms with van der Waals surface area (Å²) >= 11 is 0. The van der Waals surface area contributed by atoms with Gasteiger partial charge in [-0.15, -0.1) is 0 Å². The summed E-state index contributed by atoms with van der Waals surface area (Å²) < 4.78 is 0. The van der Waals surface area contributed by atoms with E-state index in [9.17, 15) is 0 Å². The van der Waals surface area contributed by atoms with Gasteiger partial charge in [0, 0.05) is 0 Å². The highest BCUT2D eigenvalue weighted by molar-refractivity contribution is 4.94. The van der Waals surface area contributed by atoms with Crippen LogP contribution in [0.25, 0.3) is 0 Å². The van der Waals surface area contributed by atoms with Gasteiger partial charge >= 0.3 is 0 Å². The average Bonchev–Trinajstić information content (AvgIpc) is 2.38. The van der Waals surface area contributed by atoms with Gasteiger partial charge in [-0.3, -0.25) is 0 Å². The second kappa shape index (κ2) is 111. The Morgan fingerprint density at radius 3 is 0.867 bits per heavy atom. The molecule has 0 nitrogen and oxygen atoms in total. The lowest BCUT2D eigenvalue weighted by atomic mass is 10.5. The fourth-order valence-electron chi connectivity index (χ4n) is 0.136. The lowest BCUT2D eigenvalue weighted by molar-refractivity contribution is 1.50. The summed E-state index contributed by atoms with van der Waals surface area (Å²) in [6, 6.07) is 0. The molecule has 0 saturated heterocycles. The predicted molar refractivity (Wildman–Crippen MR) is 79.5 cm³/mol. The van der Waals surface area contributed by atoms with Crippen LogP contribution in [0.3, 0.4) is 0 Å². The molecule has 0 aromatic rings. The molecule has 0 spiro atoms. The Morgan fingerprint density at radius 2 is 0.867 bits per heavy atom. The third kappa shape index (κ3) is 338. The quantitative estimate of drug-likeness (QED) is 0.349. The van der Waals surface area contributed by atoms with Crippen LogP contribution in [-0.2, 0) is 0 Å². The molecule has 0 amide bonds. The maximum atomic E-state index is 3.46. The molecule has 0 atom stereocenters. The molecule has 15 heavy (non-hydrogen) atoms. The van der Waals surface area contributed by atoms with Crippen LogP contribution in [0.1, 0.15) is 62.3 Å². The van der Waals surface area contributed by atoms with Crippen LogP contribution in [-0.4, -0.2) is 0 Å². The van der Waals surface area contributed by atoms with E-state index in [4.69, 9.17) is 0 Å². The van der Waals surface area contributed by atoms with Crippen molar-refractivity contribution in [2.24, 2.45) is 0 Å². The van der Waals surface area contributed by atoms with Crippen LogP contribution < -0.4 is 0 Å².